The Kier molecular flexibility index (Phi) is 4.86. The number of nitrogens with zero attached hydrogens (tertiary/aromatic N) is 1. The van der Waals surface area contributed by atoms with Crippen molar-refractivity contribution in [2.45, 2.75) is 32.3 Å². The number of hydrogen-bond acceptors (Lipinski definition) is 2. The molecular weight excluding hydrogens is 278 g/mol. The maximum Gasteiger partial charge on any atom is 0.119 e. The Hall–Kier alpha value is -0.540. The zero-order chi connectivity index (χ0) is 12.1. The first-order chi connectivity index (χ1) is 8.28. The summed E-state index contributed by atoms with van der Waals surface area (Å²) in [5, 5.41) is 0. The molecule has 3 heteroatoms. The number of rotatable bonds is 4. The smallest absolute Gasteiger partial charge is 0.119 e. The van der Waals surface area contributed by atoms with Crippen LogP contribution in [0.25, 0.3) is 0 Å². The molecule has 0 N–H and O–H groups in total. The van der Waals surface area contributed by atoms with Crippen molar-refractivity contribution in [3.8, 4) is 5.75 Å². The molecule has 1 saturated heterocycles. The Morgan fingerprint density at radius 1 is 1.35 bits per heavy atom. The van der Waals surface area contributed by atoms with Gasteiger partial charge in [-0.15, -0.1) is 0 Å². The molecule has 0 aliphatic carbocycles. The first kappa shape index (κ1) is 12.9. The highest BCUT2D eigenvalue weighted by Gasteiger charge is 2.20. The van der Waals surface area contributed by atoms with Crippen LogP contribution in [0.5, 0.6) is 5.75 Å². The van der Waals surface area contributed by atoms with Crippen LogP contribution in [-0.4, -0.2) is 30.6 Å². The highest BCUT2D eigenvalue weighted by Crippen LogP contribution is 2.20. The van der Waals surface area contributed by atoms with Gasteiger partial charge in [-0.3, -0.25) is 4.90 Å². The second-order valence-corrected chi connectivity index (χ2v) is 5.55. The summed E-state index contributed by atoms with van der Waals surface area (Å²) in [5.41, 5.74) is 0. The molecule has 0 saturated carbocycles. The largest absolute Gasteiger partial charge is 0.489 e. The molecule has 1 aromatic carbocycles. The molecule has 0 aromatic heterocycles. The standard InChI is InChI=1S/C14H20BrNO/c1-2-9-16-10-3-4-14(11-16)17-13-7-5-12(15)6-8-13/h5-8,14H,2-4,9-11H2,1H3. The number of benzene rings is 1. The molecule has 1 fully saturated rings. The third kappa shape index (κ3) is 4.00. The number of ether oxygens (including phenoxy) is 1. The van der Waals surface area contributed by atoms with Gasteiger partial charge < -0.3 is 4.74 Å². The van der Waals surface area contributed by atoms with E-state index in [1.54, 1.807) is 0 Å². The summed E-state index contributed by atoms with van der Waals surface area (Å²) in [6.07, 6.45) is 4.01. The first-order valence-corrected chi connectivity index (χ1v) is 7.22. The lowest BCUT2D eigenvalue weighted by Crippen LogP contribution is -2.41. The van der Waals surface area contributed by atoms with E-state index in [0.717, 1.165) is 16.8 Å². The summed E-state index contributed by atoms with van der Waals surface area (Å²) in [6.45, 7) is 5.73. The maximum atomic E-state index is 6.02. The van der Waals surface area contributed by atoms with Crippen molar-refractivity contribution < 1.29 is 4.74 Å². The van der Waals surface area contributed by atoms with Gasteiger partial charge >= 0.3 is 0 Å². The maximum absolute atomic E-state index is 6.02. The minimum atomic E-state index is 0.358. The third-order valence-electron chi connectivity index (χ3n) is 3.12. The van der Waals surface area contributed by atoms with Crippen LogP contribution in [0.3, 0.4) is 0 Å². The van der Waals surface area contributed by atoms with Crippen molar-refractivity contribution >= 4 is 15.9 Å². The van der Waals surface area contributed by atoms with E-state index in [4.69, 9.17) is 4.74 Å². The van der Waals surface area contributed by atoms with E-state index in [2.05, 4.69) is 27.8 Å². The predicted octanol–water partition coefficient (Wildman–Crippen LogP) is 3.70. The SMILES string of the molecule is CCCN1CCCC(Oc2ccc(Br)cc2)C1. The van der Waals surface area contributed by atoms with Gasteiger partial charge in [0.15, 0.2) is 0 Å². The number of likely N-dealkylation sites (tertiary alicyclic amines) is 1. The number of hydrogen-bond donors (Lipinski definition) is 0. The molecule has 1 heterocycles. The van der Waals surface area contributed by atoms with Gasteiger partial charge in [-0.2, -0.15) is 0 Å². The minimum Gasteiger partial charge on any atom is -0.489 e. The molecular formula is C14H20BrNO. The normalized spacial score (nSPS) is 21.4. The molecule has 1 atom stereocenters. The molecule has 0 bridgehead atoms. The lowest BCUT2D eigenvalue weighted by Gasteiger charge is -2.32. The second kappa shape index (κ2) is 6.41. The van der Waals surface area contributed by atoms with Crippen molar-refractivity contribution in [1.82, 2.24) is 4.90 Å². The average molecular weight is 298 g/mol. The molecule has 2 rings (SSSR count). The van der Waals surface area contributed by atoms with Gasteiger partial charge in [0.1, 0.15) is 11.9 Å². The van der Waals surface area contributed by atoms with E-state index in [9.17, 15) is 0 Å². The highest BCUT2D eigenvalue weighted by molar-refractivity contribution is 9.10. The van der Waals surface area contributed by atoms with E-state index in [-0.39, 0.29) is 0 Å². The topological polar surface area (TPSA) is 12.5 Å². The van der Waals surface area contributed by atoms with E-state index in [0.29, 0.717) is 6.10 Å². The van der Waals surface area contributed by atoms with Crippen LogP contribution in [0, 0.1) is 0 Å². The fraction of sp³-hybridized carbons (Fsp3) is 0.571. The number of halogens is 1. The summed E-state index contributed by atoms with van der Waals surface area (Å²) in [5.74, 6) is 0.983. The molecule has 1 aromatic rings. The van der Waals surface area contributed by atoms with Gasteiger partial charge in [0.2, 0.25) is 0 Å². The van der Waals surface area contributed by atoms with Gasteiger partial charge in [-0.25, -0.2) is 0 Å². The molecule has 1 aliphatic rings. The van der Waals surface area contributed by atoms with Gasteiger partial charge in [-0.1, -0.05) is 22.9 Å². The molecule has 0 amide bonds. The van der Waals surface area contributed by atoms with Crippen LogP contribution in [0.15, 0.2) is 28.7 Å². The molecule has 2 nitrogen and oxygen atoms in total. The van der Waals surface area contributed by atoms with Crippen LogP contribution in [0.1, 0.15) is 26.2 Å². The van der Waals surface area contributed by atoms with E-state index in [1.165, 1.54) is 32.4 Å². The zero-order valence-electron chi connectivity index (χ0n) is 10.4. The lowest BCUT2D eigenvalue weighted by molar-refractivity contribution is 0.0887. The van der Waals surface area contributed by atoms with E-state index >= 15 is 0 Å². The predicted molar refractivity (Wildman–Crippen MR) is 74.5 cm³/mol. The molecule has 0 spiro atoms. The molecule has 17 heavy (non-hydrogen) atoms. The third-order valence-corrected chi connectivity index (χ3v) is 3.65. The van der Waals surface area contributed by atoms with Crippen molar-refractivity contribution in [2.24, 2.45) is 0 Å². The van der Waals surface area contributed by atoms with Crippen LogP contribution in [0.4, 0.5) is 0 Å². The van der Waals surface area contributed by atoms with Gasteiger partial charge in [0.25, 0.3) is 0 Å². The van der Waals surface area contributed by atoms with Crippen molar-refractivity contribution in [1.29, 1.82) is 0 Å². The van der Waals surface area contributed by atoms with Crippen molar-refractivity contribution in [3.63, 3.8) is 0 Å². The van der Waals surface area contributed by atoms with Gasteiger partial charge in [0.05, 0.1) is 0 Å². The van der Waals surface area contributed by atoms with Crippen LogP contribution < -0.4 is 4.74 Å². The molecule has 1 aliphatic heterocycles. The summed E-state index contributed by atoms with van der Waals surface area (Å²) >= 11 is 3.44. The second-order valence-electron chi connectivity index (χ2n) is 4.64. The Labute approximate surface area is 112 Å². The lowest BCUT2D eigenvalue weighted by atomic mass is 10.1. The monoisotopic (exact) mass is 297 g/mol. The quantitative estimate of drug-likeness (QED) is 0.840. The van der Waals surface area contributed by atoms with Crippen LogP contribution in [0.2, 0.25) is 0 Å². The average Bonchev–Trinajstić information content (AvgIpc) is 2.33. The van der Waals surface area contributed by atoms with E-state index < -0.39 is 0 Å². The molecule has 1 unspecified atom stereocenters. The number of piperidine rings is 1. The Morgan fingerprint density at radius 3 is 2.82 bits per heavy atom. The Balaban J connectivity index is 1.87. The van der Waals surface area contributed by atoms with Crippen molar-refractivity contribution in [3.05, 3.63) is 28.7 Å². The summed E-state index contributed by atoms with van der Waals surface area (Å²) in [4.78, 5) is 2.51. The molecule has 0 radical (unpaired) electrons. The van der Waals surface area contributed by atoms with Crippen molar-refractivity contribution in [2.75, 3.05) is 19.6 Å². The zero-order valence-corrected chi connectivity index (χ0v) is 11.9. The van der Waals surface area contributed by atoms with Crippen LogP contribution >= 0.6 is 15.9 Å². The minimum absolute atomic E-state index is 0.358. The Bertz CT molecular complexity index is 337. The summed E-state index contributed by atoms with van der Waals surface area (Å²) in [7, 11) is 0. The highest BCUT2D eigenvalue weighted by atomic mass is 79.9. The summed E-state index contributed by atoms with van der Waals surface area (Å²) < 4.78 is 7.12. The van der Waals surface area contributed by atoms with Gasteiger partial charge in [-0.05, 0) is 56.6 Å². The summed E-state index contributed by atoms with van der Waals surface area (Å²) in [6, 6.07) is 8.12. The first-order valence-electron chi connectivity index (χ1n) is 6.42. The van der Waals surface area contributed by atoms with Crippen LogP contribution in [-0.2, 0) is 0 Å². The Morgan fingerprint density at radius 2 is 2.12 bits per heavy atom. The fourth-order valence-corrected chi connectivity index (χ4v) is 2.60. The molecule has 94 valence electrons. The van der Waals surface area contributed by atoms with Gasteiger partial charge in [0, 0.05) is 11.0 Å². The fourth-order valence-electron chi connectivity index (χ4n) is 2.33. The van der Waals surface area contributed by atoms with E-state index in [1.807, 2.05) is 24.3 Å².